The molecule has 0 spiro atoms. The fourth-order valence-corrected chi connectivity index (χ4v) is 3.15. The zero-order valence-electron chi connectivity index (χ0n) is 17.1. The number of aromatic carboxylic acids is 1. The molecule has 0 fully saturated rings. The van der Waals surface area contributed by atoms with Crippen molar-refractivity contribution in [2.75, 3.05) is 12.4 Å². The first kappa shape index (κ1) is 20.4. The normalized spacial score (nSPS) is 11.4. The van der Waals surface area contributed by atoms with Gasteiger partial charge in [-0.25, -0.2) is 9.18 Å². The van der Waals surface area contributed by atoms with Crippen LogP contribution in [0.1, 0.15) is 36.8 Å². The van der Waals surface area contributed by atoms with Crippen molar-refractivity contribution in [2.24, 2.45) is 7.05 Å². The number of aromatic nitrogens is 2. The van der Waals surface area contributed by atoms with Gasteiger partial charge in [0.1, 0.15) is 17.4 Å². The van der Waals surface area contributed by atoms with Crippen LogP contribution in [-0.4, -0.2) is 28.0 Å². The highest BCUT2D eigenvalue weighted by Crippen LogP contribution is 2.39. The Bertz CT molecular complexity index is 1050. The number of hydrogen-bond donors (Lipinski definition) is 2. The Labute approximate surface area is 168 Å². The summed E-state index contributed by atoms with van der Waals surface area (Å²) in [5, 5.41) is 17.5. The van der Waals surface area contributed by atoms with Gasteiger partial charge in [-0.3, -0.25) is 4.68 Å². The maximum absolute atomic E-state index is 13.5. The molecule has 3 aromatic rings. The van der Waals surface area contributed by atoms with Gasteiger partial charge in [0.15, 0.2) is 0 Å². The first-order valence-electron chi connectivity index (χ1n) is 9.13. The average molecular weight is 397 g/mol. The first-order chi connectivity index (χ1) is 13.6. The first-order valence-corrected chi connectivity index (χ1v) is 9.13. The van der Waals surface area contributed by atoms with Crippen molar-refractivity contribution in [1.82, 2.24) is 9.78 Å². The number of anilines is 2. The summed E-state index contributed by atoms with van der Waals surface area (Å²) < 4.78 is 20.3. The molecule has 3 rings (SSSR count). The number of rotatable bonds is 5. The van der Waals surface area contributed by atoms with Gasteiger partial charge in [-0.2, -0.15) is 5.10 Å². The van der Waals surface area contributed by atoms with Crippen molar-refractivity contribution in [3.8, 4) is 16.9 Å². The van der Waals surface area contributed by atoms with E-state index in [1.165, 1.54) is 25.3 Å². The van der Waals surface area contributed by atoms with Gasteiger partial charge in [-0.05, 0) is 35.9 Å². The molecule has 0 saturated carbocycles. The minimum atomic E-state index is -1.08. The quantitative estimate of drug-likeness (QED) is 0.635. The lowest BCUT2D eigenvalue weighted by Gasteiger charge is -2.18. The number of nitrogens with zero attached hydrogens (tertiary/aromatic N) is 2. The summed E-state index contributed by atoms with van der Waals surface area (Å²) in [6.45, 7) is 6.13. The van der Waals surface area contributed by atoms with Gasteiger partial charge in [0.05, 0.1) is 24.1 Å². The van der Waals surface area contributed by atoms with E-state index in [9.17, 15) is 14.3 Å². The molecule has 1 heterocycles. The molecule has 0 radical (unpaired) electrons. The second-order valence-corrected chi connectivity index (χ2v) is 7.79. The topological polar surface area (TPSA) is 76.4 Å². The number of ether oxygens (including phenoxy) is 1. The SMILES string of the molecule is COc1ccc(Nc2c(-c3ccc(F)cc3)c(C(C)(C)C)nn2C)c(C(=O)O)c1. The van der Waals surface area contributed by atoms with E-state index in [0.29, 0.717) is 17.3 Å². The van der Waals surface area contributed by atoms with Crippen LogP contribution in [0.5, 0.6) is 5.75 Å². The summed E-state index contributed by atoms with van der Waals surface area (Å²) >= 11 is 0. The molecule has 0 atom stereocenters. The molecule has 0 aliphatic carbocycles. The van der Waals surface area contributed by atoms with E-state index in [2.05, 4.69) is 10.4 Å². The van der Waals surface area contributed by atoms with Gasteiger partial charge in [-0.1, -0.05) is 32.9 Å². The van der Waals surface area contributed by atoms with Gasteiger partial charge < -0.3 is 15.2 Å². The number of methoxy groups -OCH3 is 1. The number of carboxylic acid groups (broad SMARTS) is 1. The Hall–Kier alpha value is -3.35. The van der Waals surface area contributed by atoms with E-state index in [4.69, 9.17) is 4.74 Å². The Morgan fingerprint density at radius 3 is 2.38 bits per heavy atom. The van der Waals surface area contributed by atoms with Gasteiger partial charge in [0.25, 0.3) is 0 Å². The molecule has 6 nitrogen and oxygen atoms in total. The third-order valence-electron chi connectivity index (χ3n) is 4.60. The smallest absolute Gasteiger partial charge is 0.337 e. The largest absolute Gasteiger partial charge is 0.497 e. The highest BCUT2D eigenvalue weighted by molar-refractivity contribution is 5.96. The summed E-state index contributed by atoms with van der Waals surface area (Å²) in [4.78, 5) is 11.8. The van der Waals surface area contributed by atoms with Crippen LogP contribution in [0.25, 0.3) is 11.1 Å². The minimum Gasteiger partial charge on any atom is -0.497 e. The second-order valence-electron chi connectivity index (χ2n) is 7.79. The van der Waals surface area contributed by atoms with Gasteiger partial charge in [0, 0.05) is 18.0 Å². The Balaban J connectivity index is 2.19. The number of carboxylic acids is 1. The summed E-state index contributed by atoms with van der Waals surface area (Å²) in [6.07, 6.45) is 0. The predicted octanol–water partition coefficient (Wildman–Crippen LogP) is 4.97. The lowest BCUT2D eigenvalue weighted by Crippen LogP contribution is -2.13. The zero-order valence-corrected chi connectivity index (χ0v) is 17.1. The molecular weight excluding hydrogens is 373 g/mol. The van der Waals surface area contributed by atoms with Crippen molar-refractivity contribution in [2.45, 2.75) is 26.2 Å². The van der Waals surface area contributed by atoms with E-state index < -0.39 is 5.97 Å². The maximum atomic E-state index is 13.5. The molecule has 0 bridgehead atoms. The summed E-state index contributed by atoms with van der Waals surface area (Å²) in [5.41, 5.74) is 2.61. The van der Waals surface area contributed by atoms with Crippen molar-refractivity contribution in [1.29, 1.82) is 0 Å². The monoisotopic (exact) mass is 397 g/mol. The lowest BCUT2D eigenvalue weighted by atomic mass is 9.87. The number of hydrogen-bond acceptors (Lipinski definition) is 4. The zero-order chi connectivity index (χ0) is 21.3. The summed E-state index contributed by atoms with van der Waals surface area (Å²) in [6, 6.07) is 11.0. The molecular formula is C22H24FN3O3. The van der Waals surface area contributed by atoms with Crippen LogP contribution < -0.4 is 10.1 Å². The fourth-order valence-electron chi connectivity index (χ4n) is 3.15. The molecule has 1 aromatic heterocycles. The molecule has 29 heavy (non-hydrogen) atoms. The number of carbonyl (C=O) groups is 1. The van der Waals surface area contributed by atoms with Crippen LogP contribution in [0.3, 0.4) is 0 Å². The molecule has 0 unspecified atom stereocenters. The Morgan fingerprint density at radius 1 is 1.17 bits per heavy atom. The second kappa shape index (κ2) is 7.58. The van der Waals surface area contributed by atoms with E-state index >= 15 is 0 Å². The van der Waals surface area contributed by atoms with Crippen LogP contribution in [0.4, 0.5) is 15.9 Å². The summed E-state index contributed by atoms with van der Waals surface area (Å²) in [7, 11) is 3.27. The molecule has 2 N–H and O–H groups in total. The van der Waals surface area contributed by atoms with E-state index in [1.54, 1.807) is 36.0 Å². The standard InChI is InChI=1S/C22H24FN3O3/c1-22(2,3)19-18(13-6-8-14(23)9-7-13)20(26(4)25-19)24-17-11-10-15(29-5)12-16(17)21(27)28/h6-12,24H,1-5H3,(H,27,28). The van der Waals surface area contributed by atoms with E-state index in [-0.39, 0.29) is 16.8 Å². The summed E-state index contributed by atoms with van der Waals surface area (Å²) in [5.74, 6) is -0.331. The maximum Gasteiger partial charge on any atom is 0.337 e. The molecule has 0 amide bonds. The van der Waals surface area contributed by atoms with Crippen molar-refractivity contribution in [3.63, 3.8) is 0 Å². The molecule has 2 aromatic carbocycles. The van der Waals surface area contributed by atoms with E-state index in [1.807, 2.05) is 20.8 Å². The molecule has 0 aliphatic heterocycles. The van der Waals surface area contributed by atoms with Gasteiger partial charge in [0.2, 0.25) is 0 Å². The van der Waals surface area contributed by atoms with Crippen LogP contribution in [0, 0.1) is 5.82 Å². The Morgan fingerprint density at radius 2 is 1.83 bits per heavy atom. The number of aryl methyl sites for hydroxylation is 1. The number of benzene rings is 2. The Kier molecular flexibility index (Phi) is 5.33. The number of halogens is 1. The third-order valence-corrected chi connectivity index (χ3v) is 4.60. The fraction of sp³-hybridized carbons (Fsp3) is 0.273. The van der Waals surface area contributed by atoms with Crippen molar-refractivity contribution < 1.29 is 19.0 Å². The highest BCUT2D eigenvalue weighted by Gasteiger charge is 2.27. The van der Waals surface area contributed by atoms with Crippen LogP contribution in [0.2, 0.25) is 0 Å². The highest BCUT2D eigenvalue weighted by atomic mass is 19.1. The van der Waals surface area contributed by atoms with E-state index in [0.717, 1.165) is 16.8 Å². The van der Waals surface area contributed by atoms with Crippen molar-refractivity contribution >= 4 is 17.5 Å². The molecule has 0 saturated heterocycles. The third kappa shape index (κ3) is 4.08. The average Bonchev–Trinajstić information content (AvgIpc) is 2.99. The molecule has 0 aliphatic rings. The molecule has 152 valence electrons. The molecule has 7 heteroatoms. The van der Waals surface area contributed by atoms with Crippen molar-refractivity contribution in [3.05, 3.63) is 59.5 Å². The van der Waals surface area contributed by atoms with Crippen LogP contribution in [-0.2, 0) is 12.5 Å². The van der Waals surface area contributed by atoms with Gasteiger partial charge in [-0.15, -0.1) is 0 Å². The number of nitrogens with one attached hydrogen (secondary N) is 1. The van der Waals surface area contributed by atoms with Crippen LogP contribution in [0.15, 0.2) is 42.5 Å². The van der Waals surface area contributed by atoms with Gasteiger partial charge >= 0.3 is 5.97 Å². The van der Waals surface area contributed by atoms with Crippen LogP contribution >= 0.6 is 0 Å². The predicted molar refractivity (Wildman–Crippen MR) is 111 cm³/mol. The lowest BCUT2D eigenvalue weighted by molar-refractivity contribution is 0.0697. The minimum absolute atomic E-state index is 0.0768.